The van der Waals surface area contributed by atoms with Gasteiger partial charge in [-0.25, -0.2) is 0 Å². The first-order chi connectivity index (χ1) is 14.0. The number of aryl methyl sites for hydroxylation is 1. The largest absolute Gasteiger partial charge is 0.320 e. The topological polar surface area (TPSA) is 76.7 Å². The molecule has 0 saturated carbocycles. The molecule has 0 aliphatic rings. The van der Waals surface area contributed by atoms with Gasteiger partial charge in [0.25, 0.3) is 11.6 Å². The minimum Gasteiger partial charge on any atom is -0.320 e. The smallest absolute Gasteiger partial charge is 0.293 e. The molecular formula is C23H24N3O3+. The maximum absolute atomic E-state index is 12.8. The molecule has 0 heterocycles. The van der Waals surface area contributed by atoms with Crippen LogP contribution in [0.1, 0.15) is 16.7 Å². The monoisotopic (exact) mass is 390 g/mol. The van der Waals surface area contributed by atoms with Crippen molar-refractivity contribution in [3.05, 3.63) is 106 Å². The highest BCUT2D eigenvalue weighted by Gasteiger charge is 2.21. The molecule has 0 bridgehead atoms. The first-order valence-electron chi connectivity index (χ1n) is 9.48. The molecule has 0 radical (unpaired) electrons. The molecule has 0 aromatic heterocycles. The fourth-order valence-electron chi connectivity index (χ4n) is 3.33. The van der Waals surface area contributed by atoms with E-state index in [1.165, 1.54) is 6.07 Å². The van der Waals surface area contributed by atoms with Crippen LogP contribution in [0, 0.1) is 17.0 Å². The predicted octanol–water partition coefficient (Wildman–Crippen LogP) is 3.13. The number of hydrogen-bond acceptors (Lipinski definition) is 3. The highest BCUT2D eigenvalue weighted by atomic mass is 16.6. The SMILES string of the molecule is Cc1cccc([N+](=O)[O-])c1NC(=O)C[NH+](Cc1ccccc1)Cc1ccccc1. The van der Waals surface area contributed by atoms with Gasteiger partial charge in [0.2, 0.25) is 0 Å². The number of nitrogens with one attached hydrogen (secondary N) is 2. The van der Waals surface area contributed by atoms with E-state index in [1.54, 1.807) is 19.1 Å². The molecule has 6 nitrogen and oxygen atoms in total. The van der Waals surface area contributed by atoms with E-state index in [9.17, 15) is 14.9 Å². The summed E-state index contributed by atoms with van der Waals surface area (Å²) < 4.78 is 0. The van der Waals surface area contributed by atoms with Crippen molar-refractivity contribution in [2.24, 2.45) is 0 Å². The zero-order valence-corrected chi connectivity index (χ0v) is 16.3. The van der Waals surface area contributed by atoms with Crippen LogP contribution in [0.5, 0.6) is 0 Å². The summed E-state index contributed by atoms with van der Waals surface area (Å²) in [4.78, 5) is 24.7. The van der Waals surface area contributed by atoms with Crippen molar-refractivity contribution in [3.63, 3.8) is 0 Å². The molecule has 148 valence electrons. The molecular weight excluding hydrogens is 366 g/mol. The van der Waals surface area contributed by atoms with Gasteiger partial charge in [-0.3, -0.25) is 14.9 Å². The van der Waals surface area contributed by atoms with Crippen molar-refractivity contribution in [2.75, 3.05) is 11.9 Å². The molecule has 0 spiro atoms. The van der Waals surface area contributed by atoms with Crippen molar-refractivity contribution in [2.45, 2.75) is 20.0 Å². The van der Waals surface area contributed by atoms with Gasteiger partial charge < -0.3 is 10.2 Å². The molecule has 0 unspecified atom stereocenters. The van der Waals surface area contributed by atoms with Crippen molar-refractivity contribution >= 4 is 17.3 Å². The third kappa shape index (κ3) is 5.73. The van der Waals surface area contributed by atoms with Crippen LogP contribution in [0.4, 0.5) is 11.4 Å². The Morgan fingerprint density at radius 1 is 0.897 bits per heavy atom. The second-order valence-electron chi connectivity index (χ2n) is 7.03. The number of quaternary nitrogens is 1. The lowest BCUT2D eigenvalue weighted by Gasteiger charge is -2.20. The van der Waals surface area contributed by atoms with Crippen LogP contribution < -0.4 is 10.2 Å². The Labute approximate surface area is 169 Å². The second-order valence-corrected chi connectivity index (χ2v) is 7.03. The number of rotatable bonds is 8. The minimum atomic E-state index is -0.471. The zero-order chi connectivity index (χ0) is 20.6. The molecule has 0 fully saturated rings. The van der Waals surface area contributed by atoms with E-state index >= 15 is 0 Å². The molecule has 3 aromatic carbocycles. The summed E-state index contributed by atoms with van der Waals surface area (Å²) in [5.74, 6) is -0.246. The maximum Gasteiger partial charge on any atom is 0.293 e. The third-order valence-corrected chi connectivity index (χ3v) is 4.72. The van der Waals surface area contributed by atoms with Gasteiger partial charge in [-0.05, 0) is 12.5 Å². The lowest BCUT2D eigenvalue weighted by atomic mass is 10.1. The van der Waals surface area contributed by atoms with Crippen molar-refractivity contribution in [3.8, 4) is 0 Å². The van der Waals surface area contributed by atoms with E-state index in [4.69, 9.17) is 0 Å². The Bertz CT molecular complexity index is 934. The van der Waals surface area contributed by atoms with Gasteiger partial charge in [0, 0.05) is 17.2 Å². The molecule has 29 heavy (non-hydrogen) atoms. The number of para-hydroxylation sites is 1. The quantitative estimate of drug-likeness (QED) is 0.458. The van der Waals surface area contributed by atoms with Gasteiger partial charge in [0.1, 0.15) is 18.8 Å². The molecule has 0 atom stereocenters. The van der Waals surface area contributed by atoms with Crippen LogP contribution in [0.25, 0.3) is 0 Å². The van der Waals surface area contributed by atoms with Gasteiger partial charge in [0.05, 0.1) is 4.92 Å². The van der Waals surface area contributed by atoms with Gasteiger partial charge in [-0.2, -0.15) is 0 Å². The van der Waals surface area contributed by atoms with Crippen LogP contribution in [0.15, 0.2) is 78.9 Å². The Kier molecular flexibility index (Phi) is 6.71. The summed E-state index contributed by atoms with van der Waals surface area (Å²) in [7, 11) is 0. The first kappa shape index (κ1) is 20.2. The van der Waals surface area contributed by atoms with Crippen LogP contribution >= 0.6 is 0 Å². The molecule has 2 N–H and O–H groups in total. The lowest BCUT2D eigenvalue weighted by molar-refractivity contribution is -0.919. The fraction of sp³-hybridized carbons (Fsp3) is 0.174. The molecule has 1 amide bonds. The Balaban J connectivity index is 1.76. The number of nitro benzene ring substituents is 1. The normalized spacial score (nSPS) is 10.7. The number of benzene rings is 3. The zero-order valence-electron chi connectivity index (χ0n) is 16.3. The average Bonchev–Trinajstić information content (AvgIpc) is 2.71. The third-order valence-electron chi connectivity index (χ3n) is 4.72. The number of hydrogen-bond donors (Lipinski definition) is 2. The van der Waals surface area contributed by atoms with E-state index in [2.05, 4.69) is 5.32 Å². The second kappa shape index (κ2) is 9.61. The summed E-state index contributed by atoms with van der Waals surface area (Å²) in [5.41, 5.74) is 3.11. The summed E-state index contributed by atoms with van der Waals surface area (Å²) in [6, 6.07) is 24.8. The summed E-state index contributed by atoms with van der Waals surface area (Å²) in [6.45, 7) is 3.31. The van der Waals surface area contributed by atoms with Crippen molar-refractivity contribution < 1.29 is 14.6 Å². The van der Waals surface area contributed by atoms with Gasteiger partial charge in [-0.15, -0.1) is 0 Å². The van der Waals surface area contributed by atoms with Crippen LogP contribution in [-0.2, 0) is 17.9 Å². The maximum atomic E-state index is 12.8. The van der Waals surface area contributed by atoms with Gasteiger partial charge in [0.15, 0.2) is 6.54 Å². The fourth-order valence-corrected chi connectivity index (χ4v) is 3.33. The Morgan fingerprint density at radius 2 is 1.45 bits per heavy atom. The van der Waals surface area contributed by atoms with Crippen molar-refractivity contribution in [1.29, 1.82) is 0 Å². The van der Waals surface area contributed by atoms with E-state index in [1.807, 2.05) is 60.7 Å². The molecule has 0 aliphatic heterocycles. The lowest BCUT2D eigenvalue weighted by Crippen LogP contribution is -3.10. The number of carbonyl (C=O) groups excluding carboxylic acids is 1. The molecule has 3 rings (SSSR count). The first-order valence-corrected chi connectivity index (χ1v) is 9.48. The van der Waals surface area contributed by atoms with Crippen LogP contribution in [0.2, 0.25) is 0 Å². The van der Waals surface area contributed by atoms with Crippen LogP contribution in [0.3, 0.4) is 0 Å². The van der Waals surface area contributed by atoms with Gasteiger partial charge >= 0.3 is 0 Å². The predicted molar refractivity (Wildman–Crippen MR) is 113 cm³/mol. The standard InChI is InChI=1S/C23H23N3O3/c1-18-9-8-14-21(26(28)29)23(18)24-22(27)17-25(15-19-10-4-2-5-11-19)16-20-12-6-3-7-13-20/h2-14H,15-17H2,1H3,(H,24,27)/p+1. The van der Waals surface area contributed by atoms with E-state index in [0.717, 1.165) is 16.0 Å². The van der Waals surface area contributed by atoms with E-state index in [0.29, 0.717) is 18.7 Å². The Hall–Kier alpha value is -3.51. The Morgan fingerprint density at radius 3 is 1.97 bits per heavy atom. The number of nitrogens with zero attached hydrogens (tertiary/aromatic N) is 1. The molecule has 0 saturated heterocycles. The molecule has 3 aromatic rings. The minimum absolute atomic E-state index is 0.0916. The summed E-state index contributed by atoms with van der Waals surface area (Å²) in [6.07, 6.45) is 0. The van der Waals surface area contributed by atoms with Crippen molar-refractivity contribution in [1.82, 2.24) is 0 Å². The summed E-state index contributed by atoms with van der Waals surface area (Å²) in [5, 5.41) is 14.1. The number of nitro groups is 1. The van der Waals surface area contributed by atoms with E-state index in [-0.39, 0.29) is 23.8 Å². The molecule has 6 heteroatoms. The molecule has 0 aliphatic carbocycles. The number of anilines is 1. The number of carbonyl (C=O) groups is 1. The highest BCUT2D eigenvalue weighted by molar-refractivity contribution is 5.94. The summed E-state index contributed by atoms with van der Waals surface area (Å²) >= 11 is 0. The van der Waals surface area contributed by atoms with Gasteiger partial charge in [-0.1, -0.05) is 72.8 Å². The highest BCUT2D eigenvalue weighted by Crippen LogP contribution is 2.27. The van der Waals surface area contributed by atoms with E-state index < -0.39 is 4.92 Å². The van der Waals surface area contributed by atoms with Crippen LogP contribution in [-0.4, -0.2) is 17.4 Å². The number of amides is 1. The average molecular weight is 390 g/mol.